The summed E-state index contributed by atoms with van der Waals surface area (Å²) in [6, 6.07) is 13.7. The third-order valence-corrected chi connectivity index (χ3v) is 4.00. The van der Waals surface area contributed by atoms with Crippen molar-refractivity contribution in [3.8, 4) is 5.75 Å². The first-order valence-corrected chi connectivity index (χ1v) is 7.61. The van der Waals surface area contributed by atoms with Crippen LogP contribution in [0.3, 0.4) is 0 Å². The van der Waals surface area contributed by atoms with Crippen LogP contribution in [-0.4, -0.2) is 26.1 Å². The van der Waals surface area contributed by atoms with Crippen molar-refractivity contribution in [2.75, 3.05) is 25.1 Å². The second-order valence-electron chi connectivity index (χ2n) is 5.63. The molecule has 0 radical (unpaired) electrons. The first-order chi connectivity index (χ1) is 11.1. The van der Waals surface area contributed by atoms with Crippen LogP contribution in [0.15, 0.2) is 48.5 Å². The number of para-hydroxylation sites is 1. The molecule has 0 fully saturated rings. The predicted octanol–water partition coefficient (Wildman–Crippen LogP) is 2.90. The number of nitrogens with zero attached hydrogens (tertiary/aromatic N) is 1. The number of fused-ring (bicyclic) bond motifs is 1. The summed E-state index contributed by atoms with van der Waals surface area (Å²) in [5.41, 5.74) is 2.26. The van der Waals surface area contributed by atoms with Crippen LogP contribution < -0.4 is 15.0 Å². The zero-order valence-electron chi connectivity index (χ0n) is 13.0. The molecule has 1 atom stereocenters. The maximum absolute atomic E-state index is 12.8. The molecule has 23 heavy (non-hydrogen) atoms. The average Bonchev–Trinajstić information content (AvgIpc) is 2.57. The van der Waals surface area contributed by atoms with E-state index in [2.05, 4.69) is 23.3 Å². The van der Waals surface area contributed by atoms with Crippen LogP contribution in [-0.2, 0) is 4.79 Å². The Bertz CT molecular complexity index is 688. The first-order valence-electron chi connectivity index (χ1n) is 7.61. The quantitative estimate of drug-likeness (QED) is 0.943. The fraction of sp³-hybridized carbons (Fsp3) is 0.278. The van der Waals surface area contributed by atoms with Gasteiger partial charge in [-0.25, -0.2) is 4.39 Å². The lowest BCUT2D eigenvalue weighted by Gasteiger charge is -2.33. The highest BCUT2D eigenvalue weighted by Crippen LogP contribution is 2.32. The van der Waals surface area contributed by atoms with Gasteiger partial charge in [-0.15, -0.1) is 0 Å². The standard InChI is InChI=1S/C18H19FN2O2/c1-21-11-10-16(15-4-2-3-5-17(15)21)20-18(22)12-23-14-8-6-13(19)7-9-14/h2-9,16H,10-12H2,1H3,(H,20,22). The van der Waals surface area contributed by atoms with E-state index in [0.29, 0.717) is 5.75 Å². The molecule has 0 saturated heterocycles. The Kier molecular flexibility index (Phi) is 4.46. The lowest BCUT2D eigenvalue weighted by Crippen LogP contribution is -2.38. The van der Waals surface area contributed by atoms with Gasteiger partial charge in [0.15, 0.2) is 6.61 Å². The number of carbonyl (C=O) groups is 1. The van der Waals surface area contributed by atoms with Gasteiger partial charge in [-0.05, 0) is 42.3 Å². The molecule has 1 amide bonds. The number of nitrogens with one attached hydrogen (secondary N) is 1. The number of rotatable bonds is 4. The smallest absolute Gasteiger partial charge is 0.258 e. The third kappa shape index (κ3) is 3.62. The summed E-state index contributed by atoms with van der Waals surface area (Å²) in [6.45, 7) is 0.806. The number of amides is 1. The van der Waals surface area contributed by atoms with E-state index in [-0.39, 0.29) is 24.4 Å². The number of carbonyl (C=O) groups excluding carboxylic acids is 1. The van der Waals surface area contributed by atoms with Gasteiger partial charge in [0.05, 0.1) is 6.04 Å². The number of benzene rings is 2. The summed E-state index contributed by atoms with van der Waals surface area (Å²) in [4.78, 5) is 14.3. The van der Waals surface area contributed by atoms with Crippen LogP contribution in [0.2, 0.25) is 0 Å². The molecular weight excluding hydrogens is 295 g/mol. The first kappa shape index (κ1) is 15.3. The molecule has 1 aliphatic heterocycles. The maximum Gasteiger partial charge on any atom is 0.258 e. The number of ether oxygens (including phenoxy) is 1. The van der Waals surface area contributed by atoms with Gasteiger partial charge >= 0.3 is 0 Å². The molecule has 0 aliphatic carbocycles. The summed E-state index contributed by atoms with van der Waals surface area (Å²) in [6.07, 6.45) is 0.857. The molecule has 2 aromatic carbocycles. The second-order valence-corrected chi connectivity index (χ2v) is 5.63. The fourth-order valence-electron chi connectivity index (χ4n) is 2.79. The highest BCUT2D eigenvalue weighted by atomic mass is 19.1. The van der Waals surface area contributed by atoms with Crippen molar-refractivity contribution in [3.05, 3.63) is 59.9 Å². The number of hydrogen-bond donors (Lipinski definition) is 1. The summed E-state index contributed by atoms with van der Waals surface area (Å²) >= 11 is 0. The van der Waals surface area contributed by atoms with Gasteiger partial charge in [0.2, 0.25) is 0 Å². The van der Waals surface area contributed by atoms with Gasteiger partial charge in [-0.2, -0.15) is 0 Å². The van der Waals surface area contributed by atoms with E-state index < -0.39 is 0 Å². The zero-order chi connectivity index (χ0) is 16.2. The minimum atomic E-state index is -0.329. The summed E-state index contributed by atoms with van der Waals surface area (Å²) in [5.74, 6) is -0.0336. The molecule has 120 valence electrons. The summed E-state index contributed by atoms with van der Waals surface area (Å²) in [5, 5.41) is 3.01. The van der Waals surface area contributed by atoms with Crippen molar-refractivity contribution >= 4 is 11.6 Å². The summed E-state index contributed by atoms with van der Waals surface area (Å²) < 4.78 is 18.2. The van der Waals surface area contributed by atoms with Gasteiger partial charge < -0.3 is 15.0 Å². The zero-order valence-corrected chi connectivity index (χ0v) is 13.0. The molecule has 2 aromatic rings. The van der Waals surface area contributed by atoms with Gasteiger partial charge in [0.25, 0.3) is 5.91 Å². The fourth-order valence-corrected chi connectivity index (χ4v) is 2.79. The molecule has 0 aromatic heterocycles. The topological polar surface area (TPSA) is 41.6 Å². The van der Waals surface area contributed by atoms with Crippen molar-refractivity contribution in [3.63, 3.8) is 0 Å². The van der Waals surface area contributed by atoms with E-state index in [1.54, 1.807) is 0 Å². The van der Waals surface area contributed by atoms with Crippen molar-refractivity contribution in [2.24, 2.45) is 0 Å². The number of hydrogen-bond acceptors (Lipinski definition) is 3. The van der Waals surface area contributed by atoms with Crippen LogP contribution >= 0.6 is 0 Å². The molecule has 4 nitrogen and oxygen atoms in total. The lowest BCUT2D eigenvalue weighted by molar-refractivity contribution is -0.123. The van der Waals surface area contributed by atoms with E-state index in [9.17, 15) is 9.18 Å². The Balaban J connectivity index is 1.60. The molecular formula is C18H19FN2O2. The van der Waals surface area contributed by atoms with Crippen molar-refractivity contribution in [1.29, 1.82) is 0 Å². The van der Waals surface area contributed by atoms with Crippen LogP contribution in [0, 0.1) is 5.82 Å². The molecule has 1 unspecified atom stereocenters. The largest absolute Gasteiger partial charge is 0.484 e. The van der Waals surface area contributed by atoms with Gasteiger partial charge in [-0.3, -0.25) is 4.79 Å². The molecule has 0 bridgehead atoms. The summed E-state index contributed by atoms with van der Waals surface area (Å²) in [7, 11) is 2.05. The van der Waals surface area contributed by atoms with Gasteiger partial charge in [0.1, 0.15) is 11.6 Å². The molecule has 0 spiro atoms. The van der Waals surface area contributed by atoms with E-state index in [1.807, 2.05) is 18.2 Å². The van der Waals surface area contributed by atoms with E-state index >= 15 is 0 Å². The predicted molar refractivity (Wildman–Crippen MR) is 87.1 cm³/mol. The van der Waals surface area contributed by atoms with E-state index in [1.165, 1.54) is 24.3 Å². The van der Waals surface area contributed by atoms with Crippen LogP contribution in [0.1, 0.15) is 18.0 Å². The van der Waals surface area contributed by atoms with E-state index in [4.69, 9.17) is 4.74 Å². The molecule has 1 N–H and O–H groups in total. The normalized spacial score (nSPS) is 16.6. The third-order valence-electron chi connectivity index (χ3n) is 4.00. The molecule has 0 saturated carbocycles. The number of halogens is 1. The molecule has 1 aliphatic rings. The van der Waals surface area contributed by atoms with E-state index in [0.717, 1.165) is 24.2 Å². The monoisotopic (exact) mass is 314 g/mol. The van der Waals surface area contributed by atoms with Gasteiger partial charge in [-0.1, -0.05) is 18.2 Å². The maximum atomic E-state index is 12.8. The van der Waals surface area contributed by atoms with Crippen molar-refractivity contribution < 1.29 is 13.9 Å². The lowest BCUT2D eigenvalue weighted by atomic mass is 9.97. The van der Waals surface area contributed by atoms with Crippen LogP contribution in [0.4, 0.5) is 10.1 Å². The highest BCUT2D eigenvalue weighted by Gasteiger charge is 2.24. The Labute approximate surface area is 134 Å². The van der Waals surface area contributed by atoms with Crippen LogP contribution in [0.25, 0.3) is 0 Å². The van der Waals surface area contributed by atoms with Gasteiger partial charge in [0, 0.05) is 19.3 Å². The number of anilines is 1. The Morgan fingerprint density at radius 2 is 2.00 bits per heavy atom. The van der Waals surface area contributed by atoms with Crippen LogP contribution in [0.5, 0.6) is 5.75 Å². The molecule has 1 heterocycles. The minimum absolute atomic E-state index is 0.00767. The second kappa shape index (κ2) is 6.69. The molecule has 5 heteroatoms. The Hall–Kier alpha value is -2.56. The highest BCUT2D eigenvalue weighted by molar-refractivity contribution is 5.78. The Morgan fingerprint density at radius 3 is 2.78 bits per heavy atom. The Morgan fingerprint density at radius 1 is 1.26 bits per heavy atom. The average molecular weight is 314 g/mol. The van der Waals surface area contributed by atoms with Crippen molar-refractivity contribution in [2.45, 2.75) is 12.5 Å². The minimum Gasteiger partial charge on any atom is -0.484 e. The SMILES string of the molecule is CN1CCC(NC(=O)COc2ccc(F)cc2)c2ccccc21. The van der Waals surface area contributed by atoms with Crippen molar-refractivity contribution in [1.82, 2.24) is 5.32 Å². The molecule has 3 rings (SSSR count).